The molecule has 0 aromatic heterocycles. The molecule has 0 saturated heterocycles. The van der Waals surface area contributed by atoms with Crippen molar-refractivity contribution in [2.75, 3.05) is 0 Å². The van der Waals surface area contributed by atoms with Crippen LogP contribution in [0, 0.1) is 12.7 Å². The molecule has 2 N–H and O–H groups in total. The first-order valence-corrected chi connectivity index (χ1v) is 6.34. The Morgan fingerprint density at radius 2 is 1.90 bits per heavy atom. The zero-order valence-corrected chi connectivity index (χ0v) is 11.2. The van der Waals surface area contributed by atoms with Gasteiger partial charge in [-0.2, -0.15) is 0 Å². The Hall–Kier alpha value is -2.20. The molecule has 3 nitrogen and oxygen atoms in total. The van der Waals surface area contributed by atoms with Gasteiger partial charge in [0.25, 0.3) is 5.91 Å². The molecule has 2 rings (SSSR count). The summed E-state index contributed by atoms with van der Waals surface area (Å²) >= 11 is 0. The third-order valence-corrected chi connectivity index (χ3v) is 3.17. The molecule has 0 atom stereocenters. The number of hydrogen-bond donors (Lipinski definition) is 2. The van der Waals surface area contributed by atoms with Crippen molar-refractivity contribution >= 4 is 5.91 Å². The van der Waals surface area contributed by atoms with Crippen LogP contribution in [-0.4, -0.2) is 11.0 Å². The Labute approximate surface area is 117 Å². The number of aliphatic hydroxyl groups is 1. The van der Waals surface area contributed by atoms with E-state index in [1.54, 1.807) is 19.1 Å². The molecule has 1 amide bonds. The van der Waals surface area contributed by atoms with Gasteiger partial charge in [-0.1, -0.05) is 30.3 Å². The molecule has 0 aliphatic rings. The fourth-order valence-corrected chi connectivity index (χ4v) is 1.99. The van der Waals surface area contributed by atoms with Crippen molar-refractivity contribution in [3.8, 4) is 0 Å². The van der Waals surface area contributed by atoms with E-state index in [1.807, 2.05) is 18.2 Å². The van der Waals surface area contributed by atoms with E-state index >= 15 is 0 Å². The Balaban J connectivity index is 2.11. The second kappa shape index (κ2) is 6.30. The van der Waals surface area contributed by atoms with Crippen molar-refractivity contribution in [2.24, 2.45) is 0 Å². The van der Waals surface area contributed by atoms with E-state index in [4.69, 9.17) is 0 Å². The van der Waals surface area contributed by atoms with Crippen LogP contribution in [0.25, 0.3) is 0 Å². The highest BCUT2D eigenvalue weighted by atomic mass is 19.1. The number of rotatable bonds is 4. The van der Waals surface area contributed by atoms with Crippen molar-refractivity contribution in [2.45, 2.75) is 20.1 Å². The molecule has 2 aromatic carbocycles. The highest BCUT2D eigenvalue weighted by Crippen LogP contribution is 2.12. The van der Waals surface area contributed by atoms with Crippen LogP contribution >= 0.6 is 0 Å². The molecule has 20 heavy (non-hydrogen) atoms. The van der Waals surface area contributed by atoms with Crippen molar-refractivity contribution in [1.82, 2.24) is 5.32 Å². The lowest BCUT2D eigenvalue weighted by atomic mass is 10.1. The molecule has 0 heterocycles. The van der Waals surface area contributed by atoms with E-state index in [-0.39, 0.29) is 12.5 Å². The first-order valence-electron chi connectivity index (χ1n) is 6.34. The third-order valence-electron chi connectivity index (χ3n) is 3.17. The molecule has 0 bridgehead atoms. The lowest BCUT2D eigenvalue weighted by Crippen LogP contribution is -2.24. The fourth-order valence-electron chi connectivity index (χ4n) is 1.99. The molecule has 4 heteroatoms. The van der Waals surface area contributed by atoms with Gasteiger partial charge in [0.05, 0.1) is 6.61 Å². The fraction of sp³-hybridized carbons (Fsp3) is 0.188. The Morgan fingerprint density at radius 3 is 2.60 bits per heavy atom. The maximum atomic E-state index is 13.2. The lowest BCUT2D eigenvalue weighted by molar-refractivity contribution is 0.0949. The monoisotopic (exact) mass is 273 g/mol. The van der Waals surface area contributed by atoms with Gasteiger partial charge in [-0.15, -0.1) is 0 Å². The smallest absolute Gasteiger partial charge is 0.251 e. The average Bonchev–Trinajstić information content (AvgIpc) is 2.47. The van der Waals surface area contributed by atoms with Crippen LogP contribution in [0.3, 0.4) is 0 Å². The summed E-state index contributed by atoms with van der Waals surface area (Å²) in [4.78, 5) is 12.1. The Morgan fingerprint density at radius 1 is 1.20 bits per heavy atom. The van der Waals surface area contributed by atoms with Crippen molar-refractivity contribution in [1.29, 1.82) is 0 Å². The molecule has 0 spiro atoms. The predicted octanol–water partition coefficient (Wildman–Crippen LogP) is 2.56. The van der Waals surface area contributed by atoms with Crippen LogP contribution in [-0.2, 0) is 13.2 Å². The number of carbonyl (C=O) groups excluding carboxylic acids is 1. The summed E-state index contributed by atoms with van der Waals surface area (Å²) in [6.07, 6.45) is 0. The van der Waals surface area contributed by atoms with E-state index in [2.05, 4.69) is 5.32 Å². The van der Waals surface area contributed by atoms with Gasteiger partial charge in [-0.05, 0) is 35.7 Å². The molecule has 0 unspecified atom stereocenters. The van der Waals surface area contributed by atoms with Crippen molar-refractivity contribution in [3.05, 3.63) is 70.5 Å². The van der Waals surface area contributed by atoms with Gasteiger partial charge in [0.15, 0.2) is 0 Å². The number of amides is 1. The largest absolute Gasteiger partial charge is 0.392 e. The normalized spacial score (nSPS) is 10.3. The maximum Gasteiger partial charge on any atom is 0.251 e. The van der Waals surface area contributed by atoms with Crippen LogP contribution in [0.1, 0.15) is 27.0 Å². The van der Waals surface area contributed by atoms with Crippen LogP contribution in [0.4, 0.5) is 4.39 Å². The molecule has 0 saturated carbocycles. The van der Waals surface area contributed by atoms with E-state index in [1.165, 1.54) is 12.1 Å². The average molecular weight is 273 g/mol. The minimum absolute atomic E-state index is 0.0783. The second-order valence-electron chi connectivity index (χ2n) is 4.57. The summed E-state index contributed by atoms with van der Waals surface area (Å²) in [6, 6.07) is 11.4. The van der Waals surface area contributed by atoms with Crippen LogP contribution in [0.15, 0.2) is 42.5 Å². The standard InChI is InChI=1S/C16H16FNO2/c1-11-6-7-14(17)8-15(11)16(20)18-9-12-4-2-3-5-13(12)10-19/h2-8,19H,9-10H2,1H3,(H,18,20). The molecule has 2 aromatic rings. The molecule has 0 aliphatic carbocycles. The Kier molecular flexibility index (Phi) is 4.48. The molecule has 0 fully saturated rings. The summed E-state index contributed by atoms with van der Waals surface area (Å²) in [5.74, 6) is -0.758. The summed E-state index contributed by atoms with van der Waals surface area (Å²) < 4.78 is 13.2. The maximum absolute atomic E-state index is 13.2. The molecular formula is C16H16FNO2. The minimum atomic E-state index is -0.434. The van der Waals surface area contributed by atoms with Gasteiger partial charge in [0.2, 0.25) is 0 Å². The molecular weight excluding hydrogens is 257 g/mol. The number of aliphatic hydroxyl groups excluding tert-OH is 1. The Bertz CT molecular complexity index is 626. The van der Waals surface area contributed by atoms with Crippen molar-refractivity contribution in [3.63, 3.8) is 0 Å². The third kappa shape index (κ3) is 3.22. The van der Waals surface area contributed by atoms with Gasteiger partial charge in [-0.25, -0.2) is 4.39 Å². The summed E-state index contributed by atoms with van der Waals surface area (Å²) in [5, 5.41) is 12.0. The highest BCUT2D eigenvalue weighted by Gasteiger charge is 2.10. The van der Waals surface area contributed by atoms with Crippen LogP contribution < -0.4 is 5.32 Å². The van der Waals surface area contributed by atoms with Crippen molar-refractivity contribution < 1.29 is 14.3 Å². The lowest BCUT2D eigenvalue weighted by Gasteiger charge is -2.10. The topological polar surface area (TPSA) is 49.3 Å². The SMILES string of the molecule is Cc1ccc(F)cc1C(=O)NCc1ccccc1CO. The van der Waals surface area contributed by atoms with Crippen LogP contribution in [0.5, 0.6) is 0 Å². The van der Waals surface area contributed by atoms with Gasteiger partial charge in [-0.3, -0.25) is 4.79 Å². The summed E-state index contributed by atoms with van der Waals surface area (Å²) in [7, 11) is 0. The summed E-state index contributed by atoms with van der Waals surface area (Å²) in [6.45, 7) is 1.98. The number of aryl methyl sites for hydroxylation is 1. The van der Waals surface area contributed by atoms with Gasteiger partial charge < -0.3 is 10.4 Å². The minimum Gasteiger partial charge on any atom is -0.392 e. The van der Waals surface area contributed by atoms with Gasteiger partial charge in [0.1, 0.15) is 5.82 Å². The number of nitrogens with one attached hydrogen (secondary N) is 1. The zero-order valence-electron chi connectivity index (χ0n) is 11.2. The van der Waals surface area contributed by atoms with Crippen LogP contribution in [0.2, 0.25) is 0 Å². The van der Waals surface area contributed by atoms with E-state index < -0.39 is 5.82 Å². The quantitative estimate of drug-likeness (QED) is 0.899. The first kappa shape index (κ1) is 14.2. The van der Waals surface area contributed by atoms with E-state index in [0.717, 1.165) is 16.7 Å². The second-order valence-corrected chi connectivity index (χ2v) is 4.57. The van der Waals surface area contributed by atoms with E-state index in [0.29, 0.717) is 12.1 Å². The van der Waals surface area contributed by atoms with Gasteiger partial charge in [0, 0.05) is 12.1 Å². The molecule has 0 aliphatic heterocycles. The molecule has 0 radical (unpaired) electrons. The predicted molar refractivity (Wildman–Crippen MR) is 74.7 cm³/mol. The summed E-state index contributed by atoms with van der Waals surface area (Å²) in [5.41, 5.74) is 2.66. The first-order chi connectivity index (χ1) is 9.61. The molecule has 104 valence electrons. The highest BCUT2D eigenvalue weighted by molar-refractivity contribution is 5.95. The van der Waals surface area contributed by atoms with E-state index in [9.17, 15) is 14.3 Å². The number of hydrogen-bond acceptors (Lipinski definition) is 2. The van der Waals surface area contributed by atoms with Gasteiger partial charge >= 0.3 is 0 Å². The zero-order chi connectivity index (χ0) is 14.5. The number of halogens is 1. The number of benzene rings is 2. The number of carbonyl (C=O) groups is 1.